The predicted octanol–water partition coefficient (Wildman–Crippen LogP) is 2.97. The molecule has 2 aromatic carbocycles. The Bertz CT molecular complexity index is 798. The second-order valence-corrected chi connectivity index (χ2v) is 7.23. The van der Waals surface area contributed by atoms with Gasteiger partial charge in [-0.1, -0.05) is 73.3 Å². The second-order valence-electron chi connectivity index (χ2n) is 7.23. The first kappa shape index (κ1) is 20.2. The molecule has 0 amide bonds. The average Bonchev–Trinajstić information content (AvgIpc) is 2.79. The molecule has 2 aromatic rings. The van der Waals surface area contributed by atoms with Crippen LogP contribution in [-0.2, 0) is 30.3 Å². The molecule has 4 unspecified atom stereocenters. The van der Waals surface area contributed by atoms with Gasteiger partial charge in [-0.05, 0) is 5.56 Å². The SMILES string of the molecule is C=CC1(O)C(OCc2ccccc2)[C@@H]2OC(c3ccccc3)OCC2O[C@@H]1OC. The Morgan fingerprint density at radius 1 is 1.10 bits per heavy atom. The van der Waals surface area contributed by atoms with E-state index in [1.807, 2.05) is 60.7 Å². The topological polar surface area (TPSA) is 66.4 Å². The molecular formula is C23H26O6. The number of aliphatic hydroxyl groups is 1. The van der Waals surface area contributed by atoms with Gasteiger partial charge in [-0.2, -0.15) is 0 Å². The van der Waals surface area contributed by atoms with Crippen molar-refractivity contribution in [2.45, 2.75) is 43.1 Å². The van der Waals surface area contributed by atoms with Gasteiger partial charge in [0.25, 0.3) is 0 Å². The van der Waals surface area contributed by atoms with Crippen LogP contribution in [0.4, 0.5) is 0 Å². The normalized spacial score (nSPS) is 34.3. The lowest BCUT2D eigenvalue weighted by molar-refractivity contribution is -0.380. The quantitative estimate of drug-likeness (QED) is 0.755. The van der Waals surface area contributed by atoms with E-state index in [-0.39, 0.29) is 0 Å². The highest BCUT2D eigenvalue weighted by molar-refractivity contribution is 5.18. The number of methoxy groups -OCH3 is 1. The van der Waals surface area contributed by atoms with E-state index in [0.29, 0.717) is 13.2 Å². The molecule has 6 nitrogen and oxygen atoms in total. The lowest BCUT2D eigenvalue weighted by Crippen LogP contribution is -2.68. The predicted molar refractivity (Wildman–Crippen MR) is 106 cm³/mol. The highest BCUT2D eigenvalue weighted by atomic mass is 16.8. The van der Waals surface area contributed by atoms with Gasteiger partial charge in [-0.15, -0.1) is 0 Å². The highest BCUT2D eigenvalue weighted by Crippen LogP contribution is 2.40. The van der Waals surface area contributed by atoms with Crippen molar-refractivity contribution < 1.29 is 28.8 Å². The fourth-order valence-corrected chi connectivity index (χ4v) is 3.83. The van der Waals surface area contributed by atoms with E-state index in [0.717, 1.165) is 11.1 Å². The van der Waals surface area contributed by atoms with Gasteiger partial charge >= 0.3 is 0 Å². The minimum Gasteiger partial charge on any atom is -0.378 e. The number of ether oxygens (including phenoxy) is 5. The molecule has 6 heteroatoms. The van der Waals surface area contributed by atoms with Gasteiger partial charge in [0.1, 0.15) is 18.3 Å². The van der Waals surface area contributed by atoms with E-state index in [2.05, 4.69) is 6.58 Å². The molecule has 2 aliphatic rings. The zero-order chi connectivity index (χ0) is 20.3. The van der Waals surface area contributed by atoms with E-state index in [9.17, 15) is 5.11 Å². The minimum absolute atomic E-state index is 0.294. The Hall–Kier alpha value is -2.06. The summed E-state index contributed by atoms with van der Waals surface area (Å²) in [6, 6.07) is 19.4. The summed E-state index contributed by atoms with van der Waals surface area (Å²) in [7, 11) is 1.48. The minimum atomic E-state index is -1.58. The van der Waals surface area contributed by atoms with Crippen molar-refractivity contribution in [3.63, 3.8) is 0 Å². The van der Waals surface area contributed by atoms with Crippen LogP contribution in [0, 0.1) is 0 Å². The van der Waals surface area contributed by atoms with Gasteiger partial charge in [-0.3, -0.25) is 0 Å². The van der Waals surface area contributed by atoms with Crippen molar-refractivity contribution in [3.05, 3.63) is 84.4 Å². The van der Waals surface area contributed by atoms with Crippen LogP contribution in [-0.4, -0.2) is 49.0 Å². The molecule has 0 aromatic heterocycles. The van der Waals surface area contributed by atoms with E-state index < -0.39 is 36.5 Å². The monoisotopic (exact) mass is 398 g/mol. The summed E-state index contributed by atoms with van der Waals surface area (Å²) >= 11 is 0. The molecule has 0 bridgehead atoms. The first-order chi connectivity index (χ1) is 14.2. The van der Waals surface area contributed by atoms with Crippen LogP contribution in [0.5, 0.6) is 0 Å². The molecule has 0 radical (unpaired) electrons. The maximum Gasteiger partial charge on any atom is 0.192 e. The maximum atomic E-state index is 11.4. The summed E-state index contributed by atoms with van der Waals surface area (Å²) in [6.07, 6.45) is -1.87. The van der Waals surface area contributed by atoms with Crippen LogP contribution in [0.3, 0.4) is 0 Å². The molecule has 2 fully saturated rings. The van der Waals surface area contributed by atoms with Crippen LogP contribution >= 0.6 is 0 Å². The molecule has 0 saturated carbocycles. The number of rotatable bonds is 6. The summed E-state index contributed by atoms with van der Waals surface area (Å²) in [6.45, 7) is 4.40. The van der Waals surface area contributed by atoms with E-state index >= 15 is 0 Å². The second kappa shape index (κ2) is 8.75. The van der Waals surface area contributed by atoms with Crippen molar-refractivity contribution in [2.24, 2.45) is 0 Å². The van der Waals surface area contributed by atoms with E-state index in [1.54, 1.807) is 0 Å². The Balaban J connectivity index is 1.60. The standard InChI is InChI=1S/C23H26O6/c1-3-23(24)20(26-14-16-10-6-4-7-11-16)19-18(28-22(23)25-2)15-27-21(29-19)17-12-8-5-9-13-17/h3-13,18-22,24H,1,14-15H2,2H3/t18?,19-,20?,21?,22+,23?/m1/s1. The lowest BCUT2D eigenvalue weighted by Gasteiger charge is -2.51. The number of fused-ring (bicyclic) bond motifs is 1. The summed E-state index contributed by atoms with van der Waals surface area (Å²) in [5, 5.41) is 11.4. The lowest BCUT2D eigenvalue weighted by atomic mass is 9.85. The number of hydrogen-bond donors (Lipinski definition) is 1. The van der Waals surface area contributed by atoms with Gasteiger partial charge in [0, 0.05) is 12.7 Å². The molecule has 1 N–H and O–H groups in total. The third-order valence-corrected chi connectivity index (χ3v) is 5.37. The third kappa shape index (κ3) is 4.00. The zero-order valence-corrected chi connectivity index (χ0v) is 16.3. The molecule has 29 heavy (non-hydrogen) atoms. The van der Waals surface area contributed by atoms with Gasteiger partial charge in [0.05, 0.1) is 13.2 Å². The summed E-state index contributed by atoms with van der Waals surface area (Å²) in [5.41, 5.74) is 0.301. The van der Waals surface area contributed by atoms with Crippen LogP contribution in [0.25, 0.3) is 0 Å². The van der Waals surface area contributed by atoms with Gasteiger partial charge < -0.3 is 28.8 Å². The summed E-state index contributed by atoms with van der Waals surface area (Å²) < 4.78 is 29.6. The summed E-state index contributed by atoms with van der Waals surface area (Å²) in [4.78, 5) is 0. The Morgan fingerprint density at radius 2 is 1.79 bits per heavy atom. The molecule has 6 atom stereocenters. The average molecular weight is 398 g/mol. The molecule has 2 heterocycles. The smallest absolute Gasteiger partial charge is 0.192 e. The largest absolute Gasteiger partial charge is 0.378 e. The van der Waals surface area contributed by atoms with E-state index in [1.165, 1.54) is 13.2 Å². The molecule has 2 saturated heterocycles. The van der Waals surface area contributed by atoms with Crippen LogP contribution in [0.1, 0.15) is 17.4 Å². The maximum absolute atomic E-state index is 11.4. The fourth-order valence-electron chi connectivity index (χ4n) is 3.83. The van der Waals surface area contributed by atoms with Gasteiger partial charge in [-0.25, -0.2) is 0 Å². The van der Waals surface area contributed by atoms with Crippen molar-refractivity contribution in [2.75, 3.05) is 13.7 Å². The first-order valence-corrected chi connectivity index (χ1v) is 9.67. The fraction of sp³-hybridized carbons (Fsp3) is 0.391. The molecule has 0 aliphatic carbocycles. The highest BCUT2D eigenvalue weighted by Gasteiger charge is 2.57. The van der Waals surface area contributed by atoms with Gasteiger partial charge in [0.2, 0.25) is 0 Å². The summed E-state index contributed by atoms with van der Waals surface area (Å²) in [5.74, 6) is 0. The van der Waals surface area contributed by atoms with Gasteiger partial charge in [0.15, 0.2) is 18.2 Å². The van der Waals surface area contributed by atoms with Crippen molar-refractivity contribution in [1.29, 1.82) is 0 Å². The number of benzene rings is 2. The molecular weight excluding hydrogens is 372 g/mol. The first-order valence-electron chi connectivity index (χ1n) is 9.67. The van der Waals surface area contributed by atoms with Crippen molar-refractivity contribution >= 4 is 0 Å². The number of hydrogen-bond acceptors (Lipinski definition) is 6. The molecule has 0 spiro atoms. The van der Waals surface area contributed by atoms with Crippen molar-refractivity contribution in [3.8, 4) is 0 Å². The Labute approximate surface area is 170 Å². The third-order valence-electron chi connectivity index (χ3n) is 5.37. The van der Waals surface area contributed by atoms with Crippen LogP contribution < -0.4 is 0 Å². The zero-order valence-electron chi connectivity index (χ0n) is 16.3. The van der Waals surface area contributed by atoms with Crippen molar-refractivity contribution in [1.82, 2.24) is 0 Å². The molecule has 2 aliphatic heterocycles. The Kier molecular flexibility index (Phi) is 6.10. The molecule has 154 valence electrons. The molecule has 4 rings (SSSR count). The van der Waals surface area contributed by atoms with Crippen LogP contribution in [0.15, 0.2) is 73.3 Å². The van der Waals surface area contributed by atoms with Crippen LogP contribution in [0.2, 0.25) is 0 Å². The van der Waals surface area contributed by atoms with E-state index in [4.69, 9.17) is 23.7 Å². The Morgan fingerprint density at radius 3 is 2.45 bits per heavy atom.